The van der Waals surface area contributed by atoms with Gasteiger partial charge >= 0.3 is 5.97 Å². The van der Waals surface area contributed by atoms with Gasteiger partial charge in [0.05, 0.1) is 12.8 Å². The molecule has 106 valence electrons. The fraction of sp³-hybridized carbons (Fsp3) is 0.267. The van der Waals surface area contributed by atoms with E-state index in [9.17, 15) is 4.79 Å². The van der Waals surface area contributed by atoms with Crippen LogP contribution < -0.4 is 10.5 Å². The van der Waals surface area contributed by atoms with Gasteiger partial charge in [0, 0.05) is 18.8 Å². The second-order valence-electron chi connectivity index (χ2n) is 5.00. The van der Waals surface area contributed by atoms with Crippen LogP contribution in [-0.2, 0) is 11.2 Å². The van der Waals surface area contributed by atoms with E-state index >= 15 is 0 Å². The van der Waals surface area contributed by atoms with Crippen molar-refractivity contribution in [1.82, 2.24) is 4.57 Å². The van der Waals surface area contributed by atoms with Crippen LogP contribution in [0.5, 0.6) is 5.75 Å². The topological polar surface area (TPSA) is 77.5 Å². The van der Waals surface area contributed by atoms with Crippen LogP contribution in [0.2, 0.25) is 0 Å². The number of methoxy groups -OCH3 is 1. The van der Waals surface area contributed by atoms with Gasteiger partial charge in [-0.1, -0.05) is 6.07 Å². The number of aliphatic carboxylic acids is 1. The third kappa shape index (κ3) is 2.83. The number of carbonyl (C=O) groups is 1. The van der Waals surface area contributed by atoms with E-state index in [1.165, 1.54) is 6.92 Å². The molecule has 0 bridgehead atoms. The molecule has 1 atom stereocenters. The fourth-order valence-electron chi connectivity index (χ4n) is 2.04. The molecule has 0 saturated heterocycles. The molecule has 1 aromatic heterocycles. The van der Waals surface area contributed by atoms with Crippen molar-refractivity contribution in [3.05, 3.63) is 48.3 Å². The minimum Gasteiger partial charge on any atom is -0.495 e. The number of carboxylic acid groups (broad SMARTS) is 1. The maximum atomic E-state index is 11.1. The molecule has 2 aromatic rings. The van der Waals surface area contributed by atoms with Crippen LogP contribution in [0.15, 0.2) is 42.7 Å². The third-order valence-corrected chi connectivity index (χ3v) is 3.19. The molecule has 2 rings (SSSR count). The molecule has 0 fully saturated rings. The van der Waals surface area contributed by atoms with Crippen molar-refractivity contribution >= 4 is 5.97 Å². The standard InChI is InChI=1S/C15H18N2O3/c1-15(16,14(18)19)10-11-5-6-13(20-2)12(9-11)17-7-3-4-8-17/h3-9H,10,16H2,1-2H3,(H,18,19)/t15-/m1/s1. The molecule has 1 aromatic carbocycles. The van der Waals surface area contributed by atoms with Gasteiger partial charge in [0.1, 0.15) is 11.3 Å². The maximum Gasteiger partial charge on any atom is 0.323 e. The van der Waals surface area contributed by atoms with E-state index in [0.717, 1.165) is 17.0 Å². The number of benzene rings is 1. The molecule has 0 saturated carbocycles. The summed E-state index contributed by atoms with van der Waals surface area (Å²) in [6.45, 7) is 1.51. The first-order valence-corrected chi connectivity index (χ1v) is 6.26. The zero-order chi connectivity index (χ0) is 14.8. The van der Waals surface area contributed by atoms with Crippen molar-refractivity contribution in [1.29, 1.82) is 0 Å². The van der Waals surface area contributed by atoms with E-state index in [-0.39, 0.29) is 6.42 Å². The summed E-state index contributed by atoms with van der Waals surface area (Å²) in [6.07, 6.45) is 4.06. The fourth-order valence-corrected chi connectivity index (χ4v) is 2.04. The Morgan fingerprint density at radius 2 is 2.05 bits per heavy atom. The average molecular weight is 274 g/mol. The van der Waals surface area contributed by atoms with Gasteiger partial charge in [-0.2, -0.15) is 0 Å². The SMILES string of the molecule is COc1ccc(C[C@@](C)(N)C(=O)O)cc1-n1cccc1. The molecular formula is C15H18N2O3. The normalized spacial score (nSPS) is 13.8. The second-order valence-corrected chi connectivity index (χ2v) is 5.00. The smallest absolute Gasteiger partial charge is 0.323 e. The zero-order valence-corrected chi connectivity index (χ0v) is 11.5. The van der Waals surface area contributed by atoms with Crippen molar-refractivity contribution in [2.24, 2.45) is 5.73 Å². The first-order chi connectivity index (χ1) is 9.44. The molecule has 0 spiro atoms. The Hall–Kier alpha value is -2.27. The quantitative estimate of drug-likeness (QED) is 0.872. The van der Waals surface area contributed by atoms with E-state index in [1.807, 2.05) is 47.3 Å². The van der Waals surface area contributed by atoms with Crippen molar-refractivity contribution in [2.75, 3.05) is 7.11 Å². The van der Waals surface area contributed by atoms with E-state index in [2.05, 4.69) is 0 Å². The summed E-state index contributed by atoms with van der Waals surface area (Å²) in [5.41, 5.74) is 6.21. The number of carboxylic acids is 1. The Kier molecular flexibility index (Phi) is 3.81. The lowest BCUT2D eigenvalue weighted by Crippen LogP contribution is -2.46. The molecule has 0 unspecified atom stereocenters. The summed E-state index contributed by atoms with van der Waals surface area (Å²) in [7, 11) is 1.60. The Balaban J connectivity index is 2.38. The minimum atomic E-state index is -1.29. The predicted octanol–water partition coefficient (Wildman–Crippen LogP) is 1.83. The van der Waals surface area contributed by atoms with E-state index in [1.54, 1.807) is 7.11 Å². The number of hydrogen-bond donors (Lipinski definition) is 2. The van der Waals surface area contributed by atoms with Crippen LogP contribution in [0, 0.1) is 0 Å². The number of aromatic nitrogens is 1. The van der Waals surface area contributed by atoms with E-state index < -0.39 is 11.5 Å². The highest BCUT2D eigenvalue weighted by atomic mass is 16.5. The van der Waals surface area contributed by atoms with Crippen LogP contribution in [0.3, 0.4) is 0 Å². The van der Waals surface area contributed by atoms with Crippen LogP contribution in [0.25, 0.3) is 5.69 Å². The van der Waals surface area contributed by atoms with Crippen molar-refractivity contribution in [3.63, 3.8) is 0 Å². The van der Waals surface area contributed by atoms with Crippen LogP contribution in [0.1, 0.15) is 12.5 Å². The Morgan fingerprint density at radius 1 is 1.40 bits per heavy atom. The highest BCUT2D eigenvalue weighted by Gasteiger charge is 2.28. The van der Waals surface area contributed by atoms with Gasteiger partial charge in [0.15, 0.2) is 0 Å². The Morgan fingerprint density at radius 3 is 2.60 bits per heavy atom. The molecule has 1 heterocycles. The number of nitrogens with zero attached hydrogens (tertiary/aromatic N) is 1. The van der Waals surface area contributed by atoms with Gasteiger partial charge in [0.2, 0.25) is 0 Å². The lowest BCUT2D eigenvalue weighted by Gasteiger charge is -2.20. The molecule has 0 radical (unpaired) electrons. The zero-order valence-electron chi connectivity index (χ0n) is 11.5. The van der Waals surface area contributed by atoms with E-state index in [4.69, 9.17) is 15.6 Å². The second kappa shape index (κ2) is 5.38. The van der Waals surface area contributed by atoms with Gasteiger partial charge < -0.3 is 20.1 Å². The summed E-state index contributed by atoms with van der Waals surface area (Å²) < 4.78 is 7.25. The molecular weight excluding hydrogens is 256 g/mol. The first-order valence-electron chi connectivity index (χ1n) is 6.26. The largest absolute Gasteiger partial charge is 0.495 e. The molecule has 3 N–H and O–H groups in total. The van der Waals surface area contributed by atoms with Gasteiger partial charge in [-0.25, -0.2) is 0 Å². The first kappa shape index (κ1) is 14.1. The Labute approximate surface area is 117 Å². The lowest BCUT2D eigenvalue weighted by atomic mass is 9.94. The highest BCUT2D eigenvalue weighted by molar-refractivity contribution is 5.78. The molecule has 0 aliphatic carbocycles. The summed E-state index contributed by atoms with van der Waals surface area (Å²) in [4.78, 5) is 11.1. The van der Waals surface area contributed by atoms with Crippen LogP contribution in [-0.4, -0.2) is 28.3 Å². The summed E-state index contributed by atoms with van der Waals surface area (Å²) in [6, 6.07) is 9.38. The number of hydrogen-bond acceptors (Lipinski definition) is 3. The van der Waals surface area contributed by atoms with Crippen molar-refractivity contribution < 1.29 is 14.6 Å². The summed E-state index contributed by atoms with van der Waals surface area (Å²) in [5.74, 6) is -0.296. The van der Waals surface area contributed by atoms with Crippen molar-refractivity contribution in [2.45, 2.75) is 18.9 Å². The van der Waals surface area contributed by atoms with Crippen LogP contribution in [0.4, 0.5) is 0 Å². The summed E-state index contributed by atoms with van der Waals surface area (Å²) >= 11 is 0. The van der Waals surface area contributed by atoms with Gasteiger partial charge in [-0.15, -0.1) is 0 Å². The molecule has 20 heavy (non-hydrogen) atoms. The monoisotopic (exact) mass is 274 g/mol. The third-order valence-electron chi connectivity index (χ3n) is 3.19. The van der Waals surface area contributed by atoms with Gasteiger partial charge in [-0.3, -0.25) is 4.79 Å². The average Bonchev–Trinajstić information content (AvgIpc) is 2.91. The Bertz CT molecular complexity index is 604. The highest BCUT2D eigenvalue weighted by Crippen LogP contribution is 2.25. The van der Waals surface area contributed by atoms with Crippen molar-refractivity contribution in [3.8, 4) is 11.4 Å². The maximum absolute atomic E-state index is 11.1. The van der Waals surface area contributed by atoms with Crippen LogP contribution >= 0.6 is 0 Å². The number of ether oxygens (including phenoxy) is 1. The lowest BCUT2D eigenvalue weighted by molar-refractivity contribution is -0.142. The minimum absolute atomic E-state index is 0.251. The number of nitrogens with two attached hydrogens (primary N) is 1. The molecule has 5 nitrogen and oxygen atoms in total. The summed E-state index contributed by atoms with van der Waals surface area (Å²) in [5, 5.41) is 9.10. The number of rotatable bonds is 5. The molecule has 0 aliphatic rings. The van der Waals surface area contributed by atoms with E-state index in [0.29, 0.717) is 0 Å². The molecule has 0 aliphatic heterocycles. The van der Waals surface area contributed by atoms with Gasteiger partial charge in [-0.05, 0) is 36.8 Å². The van der Waals surface area contributed by atoms with Gasteiger partial charge in [0.25, 0.3) is 0 Å². The molecule has 0 amide bonds. The predicted molar refractivity (Wildman–Crippen MR) is 76.3 cm³/mol. The molecule has 5 heteroatoms.